The molecule has 1 aliphatic rings. The zero-order valence-electron chi connectivity index (χ0n) is 18.2. The predicted molar refractivity (Wildman–Crippen MR) is 126 cm³/mol. The number of nitriles is 1. The van der Waals surface area contributed by atoms with Crippen LogP contribution in [0.4, 0.5) is 11.5 Å². The Kier molecular flexibility index (Phi) is 7.75. The lowest BCUT2D eigenvalue weighted by atomic mass is 10.1. The minimum absolute atomic E-state index is 0.0604. The van der Waals surface area contributed by atoms with Gasteiger partial charge in [0.2, 0.25) is 15.7 Å². The number of primary sulfonamides is 1. The maximum Gasteiger partial charge on any atom is 0.238 e. The van der Waals surface area contributed by atoms with E-state index in [0.717, 1.165) is 43.7 Å². The number of thioether (sulfide) groups is 1. The molecule has 0 bridgehead atoms. The van der Waals surface area contributed by atoms with Crippen molar-refractivity contribution in [3.8, 4) is 6.07 Å². The first-order valence-electron chi connectivity index (χ1n) is 10.3. The van der Waals surface area contributed by atoms with Crippen LogP contribution in [0.1, 0.15) is 30.0 Å². The molecule has 168 valence electrons. The number of sulfonamides is 1. The normalized spacial score (nSPS) is 15.1. The minimum Gasteiger partial charge on any atom is -0.364 e. The first kappa shape index (κ1) is 24.0. The van der Waals surface area contributed by atoms with Crippen molar-refractivity contribution in [2.75, 3.05) is 38.1 Å². The summed E-state index contributed by atoms with van der Waals surface area (Å²) in [6, 6.07) is 8.62. The Hall–Kier alpha value is -2.63. The highest BCUT2D eigenvalue weighted by atomic mass is 32.2. The fraction of sp³-hybridized carbons (Fsp3) is 0.409. The predicted octanol–water partition coefficient (Wildman–Crippen LogP) is 3.15. The van der Waals surface area contributed by atoms with Gasteiger partial charge in [-0.1, -0.05) is 19.1 Å². The highest BCUT2D eigenvalue weighted by Crippen LogP contribution is 2.39. The van der Waals surface area contributed by atoms with Gasteiger partial charge in [0.1, 0.15) is 16.9 Å². The van der Waals surface area contributed by atoms with Gasteiger partial charge in [-0.3, -0.25) is 0 Å². The van der Waals surface area contributed by atoms with Crippen molar-refractivity contribution >= 4 is 33.3 Å². The topological polar surface area (TPSA) is 108 Å². The van der Waals surface area contributed by atoms with Gasteiger partial charge in [0.25, 0.3) is 0 Å². The Balaban J connectivity index is 1.96. The Morgan fingerprint density at radius 1 is 1.25 bits per heavy atom. The van der Waals surface area contributed by atoms with Crippen LogP contribution >= 0.6 is 11.8 Å². The molecule has 1 aliphatic heterocycles. The molecule has 2 heterocycles. The SMILES string of the molecule is [C-]#[N+]c1c(N2CCCN(C)CC2)nc(SCc2ccc(S(N)(=O)=O)cc2)c(C#N)c1CC. The third kappa shape index (κ3) is 5.40. The van der Waals surface area contributed by atoms with Gasteiger partial charge < -0.3 is 9.80 Å². The lowest BCUT2D eigenvalue weighted by molar-refractivity contribution is 0.360. The molecule has 32 heavy (non-hydrogen) atoms. The van der Waals surface area contributed by atoms with E-state index in [4.69, 9.17) is 16.7 Å². The van der Waals surface area contributed by atoms with Gasteiger partial charge in [-0.15, -0.1) is 11.8 Å². The van der Waals surface area contributed by atoms with Crippen molar-refractivity contribution in [3.63, 3.8) is 0 Å². The average molecular weight is 471 g/mol. The van der Waals surface area contributed by atoms with E-state index in [-0.39, 0.29) is 4.90 Å². The molecule has 8 nitrogen and oxygen atoms in total. The third-order valence-corrected chi connectivity index (χ3v) is 7.42. The van der Waals surface area contributed by atoms with Crippen LogP contribution in [0.5, 0.6) is 0 Å². The van der Waals surface area contributed by atoms with Crippen molar-refractivity contribution in [3.05, 3.63) is 52.4 Å². The maximum absolute atomic E-state index is 11.5. The number of benzene rings is 1. The fourth-order valence-electron chi connectivity index (χ4n) is 3.67. The summed E-state index contributed by atoms with van der Waals surface area (Å²) in [6.07, 6.45) is 1.55. The lowest BCUT2D eigenvalue weighted by Gasteiger charge is -2.25. The molecule has 0 unspecified atom stereocenters. The second kappa shape index (κ2) is 10.3. The first-order chi connectivity index (χ1) is 15.3. The van der Waals surface area contributed by atoms with Crippen molar-refractivity contribution in [2.45, 2.75) is 35.4 Å². The first-order valence-corrected chi connectivity index (χ1v) is 12.8. The Bertz CT molecular complexity index is 1170. The number of likely N-dealkylation sites (N-methyl/N-ethyl adjacent to an activating group) is 1. The molecule has 0 radical (unpaired) electrons. The van der Waals surface area contributed by atoms with Crippen LogP contribution in [0.2, 0.25) is 0 Å². The number of anilines is 1. The highest BCUT2D eigenvalue weighted by Gasteiger charge is 2.24. The molecule has 0 spiro atoms. The summed E-state index contributed by atoms with van der Waals surface area (Å²) in [4.78, 5) is 13.1. The summed E-state index contributed by atoms with van der Waals surface area (Å²) in [5.74, 6) is 1.16. The summed E-state index contributed by atoms with van der Waals surface area (Å²) in [5, 5.41) is 15.6. The van der Waals surface area contributed by atoms with Crippen molar-refractivity contribution in [1.82, 2.24) is 9.88 Å². The van der Waals surface area contributed by atoms with Crippen LogP contribution < -0.4 is 10.0 Å². The molecule has 0 atom stereocenters. The summed E-state index contributed by atoms with van der Waals surface area (Å²) in [7, 11) is -1.65. The second-order valence-electron chi connectivity index (χ2n) is 7.64. The molecule has 2 N–H and O–H groups in total. The zero-order chi connectivity index (χ0) is 23.3. The standard InChI is InChI=1S/C22H26N6O2S2/c1-4-18-19(14-23)22(31-15-16-6-8-17(9-7-16)32(24,29)30)26-21(20(18)25-2)28-11-5-10-27(3)12-13-28/h6-9H,4-5,10-13,15H2,1,3H3,(H2,24,29,30). The fourth-order valence-corrected chi connectivity index (χ4v) is 5.15. The number of nitrogens with two attached hydrogens (primary N) is 1. The molecule has 1 fully saturated rings. The quantitative estimate of drug-likeness (QED) is 0.510. The van der Waals surface area contributed by atoms with Crippen LogP contribution in [0.15, 0.2) is 34.2 Å². The zero-order valence-corrected chi connectivity index (χ0v) is 19.8. The molecular weight excluding hydrogens is 444 g/mol. The van der Waals surface area contributed by atoms with E-state index >= 15 is 0 Å². The van der Waals surface area contributed by atoms with Gasteiger partial charge in [-0.2, -0.15) is 5.26 Å². The molecule has 1 aromatic carbocycles. The average Bonchev–Trinajstić information content (AvgIpc) is 3.00. The second-order valence-corrected chi connectivity index (χ2v) is 10.2. The van der Waals surface area contributed by atoms with Crippen LogP contribution in [0, 0.1) is 17.9 Å². The molecule has 0 saturated carbocycles. The number of pyridine rings is 1. The van der Waals surface area contributed by atoms with E-state index in [2.05, 4.69) is 27.8 Å². The number of nitrogens with zero attached hydrogens (tertiary/aromatic N) is 5. The number of aromatic nitrogens is 1. The van der Waals surface area contributed by atoms with E-state index in [1.54, 1.807) is 12.1 Å². The molecule has 0 aliphatic carbocycles. The van der Waals surface area contributed by atoms with Gasteiger partial charge in [0.05, 0.1) is 17.0 Å². The van der Waals surface area contributed by atoms with Gasteiger partial charge in [0, 0.05) is 25.4 Å². The van der Waals surface area contributed by atoms with Crippen LogP contribution in [0.25, 0.3) is 4.85 Å². The summed E-state index contributed by atoms with van der Waals surface area (Å²) in [6.45, 7) is 13.2. The number of hydrogen-bond acceptors (Lipinski definition) is 7. The molecular formula is C22H26N6O2S2. The van der Waals surface area contributed by atoms with Gasteiger partial charge in [-0.25, -0.2) is 23.4 Å². The smallest absolute Gasteiger partial charge is 0.238 e. The van der Waals surface area contributed by atoms with Gasteiger partial charge in [-0.05, 0) is 49.7 Å². The van der Waals surface area contributed by atoms with E-state index in [1.807, 2.05) is 6.92 Å². The van der Waals surface area contributed by atoms with Crippen LogP contribution in [-0.2, 0) is 22.2 Å². The Morgan fingerprint density at radius 3 is 2.56 bits per heavy atom. The molecule has 2 aromatic rings. The molecule has 1 aromatic heterocycles. The highest BCUT2D eigenvalue weighted by molar-refractivity contribution is 7.98. The molecule has 10 heteroatoms. The van der Waals surface area contributed by atoms with Crippen LogP contribution in [0.3, 0.4) is 0 Å². The van der Waals surface area contributed by atoms with Crippen molar-refractivity contribution < 1.29 is 8.42 Å². The summed E-state index contributed by atoms with van der Waals surface area (Å²) >= 11 is 1.42. The van der Waals surface area contributed by atoms with Gasteiger partial charge >= 0.3 is 0 Å². The largest absolute Gasteiger partial charge is 0.364 e. The van der Waals surface area contributed by atoms with E-state index < -0.39 is 10.0 Å². The van der Waals surface area contributed by atoms with Gasteiger partial charge in [0.15, 0.2) is 0 Å². The Labute approximate surface area is 193 Å². The number of hydrogen-bond donors (Lipinski definition) is 1. The lowest BCUT2D eigenvalue weighted by Crippen LogP contribution is -2.29. The molecule has 1 saturated heterocycles. The molecule has 0 amide bonds. The maximum atomic E-state index is 11.5. The monoisotopic (exact) mass is 470 g/mol. The summed E-state index contributed by atoms with van der Waals surface area (Å²) in [5.41, 5.74) is 2.53. The summed E-state index contributed by atoms with van der Waals surface area (Å²) < 4.78 is 22.9. The van der Waals surface area contributed by atoms with E-state index in [0.29, 0.717) is 34.3 Å². The van der Waals surface area contributed by atoms with Crippen LogP contribution in [-0.4, -0.2) is 51.5 Å². The Morgan fingerprint density at radius 2 is 1.97 bits per heavy atom. The molecule has 3 rings (SSSR count). The van der Waals surface area contributed by atoms with Crippen molar-refractivity contribution in [2.24, 2.45) is 5.14 Å². The third-order valence-electron chi connectivity index (χ3n) is 5.44. The van der Waals surface area contributed by atoms with E-state index in [9.17, 15) is 13.7 Å². The van der Waals surface area contributed by atoms with E-state index in [1.165, 1.54) is 23.9 Å². The van der Waals surface area contributed by atoms with Crippen molar-refractivity contribution in [1.29, 1.82) is 5.26 Å². The number of rotatable bonds is 6. The minimum atomic E-state index is -3.74.